The van der Waals surface area contributed by atoms with E-state index in [1.807, 2.05) is 48.5 Å². The highest BCUT2D eigenvalue weighted by Crippen LogP contribution is 2.23. The molecule has 2 aromatic heterocycles. The maximum absolute atomic E-state index is 13.9. The van der Waals surface area contributed by atoms with Crippen LogP contribution in [0, 0.1) is 5.82 Å². The monoisotopic (exact) mass is 359 g/mol. The van der Waals surface area contributed by atoms with Crippen LogP contribution in [0.5, 0.6) is 0 Å². The van der Waals surface area contributed by atoms with Crippen molar-refractivity contribution in [2.24, 2.45) is 0 Å². The van der Waals surface area contributed by atoms with Gasteiger partial charge in [-0.05, 0) is 42.2 Å². The van der Waals surface area contributed by atoms with Crippen LogP contribution in [-0.4, -0.2) is 15.1 Å². The summed E-state index contributed by atoms with van der Waals surface area (Å²) in [6.45, 7) is 0. The number of nitrogens with zero attached hydrogens (tertiary/aromatic N) is 3. The van der Waals surface area contributed by atoms with Gasteiger partial charge in [-0.15, -0.1) is 0 Å². The minimum Gasteiger partial charge on any atom is -0.339 e. The van der Waals surface area contributed by atoms with Crippen molar-refractivity contribution < 1.29 is 8.91 Å². The molecule has 0 spiro atoms. The average Bonchev–Trinajstić information content (AvgIpc) is 3.19. The molecule has 0 radical (unpaired) electrons. The minimum atomic E-state index is -0.203. The Kier molecular flexibility index (Phi) is 5.01. The number of pyridine rings is 1. The second-order valence-corrected chi connectivity index (χ2v) is 6.26. The number of hydrogen-bond acceptors (Lipinski definition) is 4. The van der Waals surface area contributed by atoms with E-state index >= 15 is 0 Å². The van der Waals surface area contributed by atoms with E-state index in [1.165, 1.54) is 11.6 Å². The summed E-state index contributed by atoms with van der Waals surface area (Å²) in [6, 6.07) is 20.4. The van der Waals surface area contributed by atoms with Gasteiger partial charge in [0.25, 0.3) is 0 Å². The van der Waals surface area contributed by atoms with Crippen LogP contribution < -0.4 is 0 Å². The average molecular weight is 359 g/mol. The van der Waals surface area contributed by atoms with Gasteiger partial charge >= 0.3 is 0 Å². The molecule has 0 aliphatic rings. The maximum Gasteiger partial charge on any atom is 0.227 e. The largest absolute Gasteiger partial charge is 0.339 e. The number of hydrogen-bond donors (Lipinski definition) is 0. The molecule has 0 aliphatic heterocycles. The van der Waals surface area contributed by atoms with Crippen molar-refractivity contribution in [2.75, 3.05) is 0 Å². The van der Waals surface area contributed by atoms with Gasteiger partial charge in [0, 0.05) is 18.2 Å². The molecular formula is C22H18FN3O. The molecule has 0 unspecified atom stereocenters. The van der Waals surface area contributed by atoms with E-state index in [-0.39, 0.29) is 5.82 Å². The molecule has 4 rings (SSSR count). The smallest absolute Gasteiger partial charge is 0.227 e. The van der Waals surface area contributed by atoms with Crippen molar-refractivity contribution in [3.63, 3.8) is 0 Å². The Hall–Kier alpha value is -3.34. The second kappa shape index (κ2) is 7.91. The van der Waals surface area contributed by atoms with Crippen molar-refractivity contribution in [2.45, 2.75) is 19.3 Å². The van der Waals surface area contributed by atoms with Gasteiger partial charge in [-0.25, -0.2) is 4.39 Å². The fourth-order valence-electron chi connectivity index (χ4n) is 2.95. The van der Waals surface area contributed by atoms with E-state index in [2.05, 4.69) is 15.1 Å². The molecule has 0 saturated carbocycles. The first-order valence-corrected chi connectivity index (χ1v) is 8.87. The van der Waals surface area contributed by atoms with Crippen LogP contribution in [0.15, 0.2) is 77.4 Å². The summed E-state index contributed by atoms with van der Waals surface area (Å²) in [5, 5.41) is 3.98. The Morgan fingerprint density at radius 2 is 1.67 bits per heavy atom. The van der Waals surface area contributed by atoms with Crippen LogP contribution in [0.2, 0.25) is 0 Å². The molecule has 0 fully saturated rings. The van der Waals surface area contributed by atoms with Crippen LogP contribution in [0.1, 0.15) is 17.9 Å². The molecule has 0 amide bonds. The zero-order chi connectivity index (χ0) is 18.5. The number of aryl methyl sites for hydroxylation is 2. The normalized spacial score (nSPS) is 10.9. The summed E-state index contributed by atoms with van der Waals surface area (Å²) < 4.78 is 19.2. The van der Waals surface area contributed by atoms with E-state index in [1.54, 1.807) is 18.3 Å². The molecule has 2 heterocycles. The van der Waals surface area contributed by atoms with Gasteiger partial charge in [0.05, 0.1) is 0 Å². The van der Waals surface area contributed by atoms with E-state index in [4.69, 9.17) is 4.52 Å². The summed E-state index contributed by atoms with van der Waals surface area (Å²) in [5.41, 5.74) is 3.40. The van der Waals surface area contributed by atoms with Gasteiger partial charge in [0.15, 0.2) is 0 Å². The molecule has 0 saturated heterocycles. The van der Waals surface area contributed by atoms with Crippen LogP contribution in [0.3, 0.4) is 0 Å². The standard InChI is InChI=1S/C22H18FN3O/c23-19-8-2-1-7-18(19)17-13-11-16(12-14-17)6-5-10-21-25-22(26-27-21)20-9-3-4-15-24-20/h1-4,7-9,11-15H,5-6,10H2. The first-order valence-electron chi connectivity index (χ1n) is 8.87. The lowest BCUT2D eigenvalue weighted by atomic mass is 10.0. The molecule has 5 heteroatoms. The van der Waals surface area contributed by atoms with Crippen LogP contribution in [0.4, 0.5) is 4.39 Å². The third-order valence-corrected chi connectivity index (χ3v) is 4.36. The summed E-state index contributed by atoms with van der Waals surface area (Å²) in [7, 11) is 0. The molecule has 0 aliphatic carbocycles. The highest BCUT2D eigenvalue weighted by atomic mass is 19.1. The fourth-order valence-corrected chi connectivity index (χ4v) is 2.95. The third-order valence-electron chi connectivity index (χ3n) is 4.36. The summed E-state index contributed by atoms with van der Waals surface area (Å²) >= 11 is 0. The topological polar surface area (TPSA) is 51.8 Å². The van der Waals surface area contributed by atoms with Gasteiger partial charge < -0.3 is 4.52 Å². The van der Waals surface area contributed by atoms with E-state index in [0.29, 0.717) is 29.4 Å². The quantitative estimate of drug-likeness (QED) is 0.480. The van der Waals surface area contributed by atoms with Crippen molar-refractivity contribution in [1.29, 1.82) is 0 Å². The minimum absolute atomic E-state index is 0.203. The van der Waals surface area contributed by atoms with Gasteiger partial charge in [0.1, 0.15) is 11.5 Å². The lowest BCUT2D eigenvalue weighted by Gasteiger charge is -2.05. The number of rotatable bonds is 6. The molecule has 2 aromatic carbocycles. The van der Waals surface area contributed by atoms with E-state index < -0.39 is 0 Å². The number of halogens is 1. The Morgan fingerprint density at radius 3 is 2.44 bits per heavy atom. The highest BCUT2D eigenvalue weighted by molar-refractivity contribution is 5.64. The molecule has 134 valence electrons. The molecule has 0 atom stereocenters. The number of aromatic nitrogens is 3. The molecule has 0 bridgehead atoms. The predicted octanol–water partition coefficient (Wildman–Crippen LogP) is 5.11. The van der Waals surface area contributed by atoms with Gasteiger partial charge in [-0.1, -0.05) is 53.7 Å². The van der Waals surface area contributed by atoms with Crippen molar-refractivity contribution >= 4 is 0 Å². The molecule has 4 nitrogen and oxygen atoms in total. The third kappa shape index (κ3) is 4.08. The molecule has 0 N–H and O–H groups in total. The summed E-state index contributed by atoms with van der Waals surface area (Å²) in [4.78, 5) is 8.61. The lowest BCUT2D eigenvalue weighted by Crippen LogP contribution is -1.91. The van der Waals surface area contributed by atoms with Crippen molar-refractivity contribution in [3.05, 3.63) is 90.2 Å². The van der Waals surface area contributed by atoms with Crippen LogP contribution in [-0.2, 0) is 12.8 Å². The van der Waals surface area contributed by atoms with Crippen LogP contribution >= 0.6 is 0 Å². The SMILES string of the molecule is Fc1ccccc1-c1ccc(CCCc2nc(-c3ccccn3)no2)cc1. The number of benzene rings is 2. The zero-order valence-electron chi connectivity index (χ0n) is 14.7. The Bertz CT molecular complexity index is 1010. The fraction of sp³-hybridized carbons (Fsp3) is 0.136. The Balaban J connectivity index is 1.35. The highest BCUT2D eigenvalue weighted by Gasteiger charge is 2.09. The van der Waals surface area contributed by atoms with Crippen molar-refractivity contribution in [1.82, 2.24) is 15.1 Å². The van der Waals surface area contributed by atoms with Crippen LogP contribution in [0.25, 0.3) is 22.6 Å². The van der Waals surface area contributed by atoms with E-state index in [0.717, 1.165) is 18.4 Å². The predicted molar refractivity (Wildman–Crippen MR) is 101 cm³/mol. The van der Waals surface area contributed by atoms with Gasteiger partial charge in [-0.3, -0.25) is 4.98 Å². The molecule has 4 aromatic rings. The molecular weight excluding hydrogens is 341 g/mol. The zero-order valence-corrected chi connectivity index (χ0v) is 14.7. The van der Waals surface area contributed by atoms with Gasteiger partial charge in [-0.2, -0.15) is 4.98 Å². The van der Waals surface area contributed by atoms with Crippen molar-refractivity contribution in [3.8, 4) is 22.6 Å². The van der Waals surface area contributed by atoms with Gasteiger partial charge in [0.2, 0.25) is 11.7 Å². The lowest BCUT2D eigenvalue weighted by molar-refractivity contribution is 0.376. The maximum atomic E-state index is 13.9. The first-order chi connectivity index (χ1) is 13.3. The Labute approximate surface area is 156 Å². The van der Waals surface area contributed by atoms with E-state index in [9.17, 15) is 4.39 Å². The first kappa shape index (κ1) is 17.1. The summed E-state index contributed by atoms with van der Waals surface area (Å²) in [6.07, 6.45) is 4.19. The summed E-state index contributed by atoms with van der Waals surface area (Å²) in [5.74, 6) is 0.920. The molecule has 27 heavy (non-hydrogen) atoms. The Morgan fingerprint density at radius 1 is 0.852 bits per heavy atom. The second-order valence-electron chi connectivity index (χ2n) is 6.26.